The number of anilines is 1. The average molecular weight is 697 g/mol. The van der Waals surface area contributed by atoms with Gasteiger partial charge in [-0.05, 0) is 54.3 Å². The van der Waals surface area contributed by atoms with Crippen LogP contribution in [0.5, 0.6) is 0 Å². The molecule has 49 heavy (non-hydrogen) atoms. The van der Waals surface area contributed by atoms with Gasteiger partial charge in [0.25, 0.3) is 21.5 Å². The number of hydrogen-bond donors (Lipinski definition) is 3. The standard InChI is InChI=1S/C34H34F2N4O8S/c1-5-6-29(41)21-9-13-24(14-10-21)49(47,48)38-22-16-25(35)31(26(36)17-22)32(43)37-27(33(44)45)15-20-7-11-23(12-8-20)40-30(42)18-28(19(2)3)39(4)34(40)46/h7-14,16-19,27,38H,5-6,15H2,1-4H3,(H,37,43)(H,44,45)/t27-/m0/s1. The Morgan fingerprint density at radius 3 is 2.04 bits per heavy atom. The summed E-state index contributed by atoms with van der Waals surface area (Å²) in [6.07, 6.45) is 0.563. The van der Waals surface area contributed by atoms with Crippen LogP contribution in [0.3, 0.4) is 0 Å². The second kappa shape index (κ2) is 14.8. The normalized spacial score (nSPS) is 12.1. The van der Waals surface area contributed by atoms with Crippen molar-refractivity contribution in [3.05, 3.63) is 122 Å². The Morgan fingerprint density at radius 2 is 1.51 bits per heavy atom. The Labute approximate surface area is 280 Å². The molecule has 0 aliphatic rings. The topological polar surface area (TPSA) is 174 Å². The number of aliphatic carboxylic acids is 1. The first-order chi connectivity index (χ1) is 23.0. The van der Waals surface area contributed by atoms with Crippen molar-refractivity contribution in [1.29, 1.82) is 0 Å². The second-order valence-corrected chi connectivity index (χ2v) is 13.3. The molecule has 0 aliphatic carbocycles. The van der Waals surface area contributed by atoms with E-state index >= 15 is 8.78 Å². The van der Waals surface area contributed by atoms with Gasteiger partial charge in [-0.15, -0.1) is 0 Å². The van der Waals surface area contributed by atoms with E-state index < -0.39 is 62.1 Å². The predicted molar refractivity (Wildman–Crippen MR) is 177 cm³/mol. The van der Waals surface area contributed by atoms with E-state index in [4.69, 9.17) is 0 Å². The number of hydrogen-bond acceptors (Lipinski definition) is 7. The lowest BCUT2D eigenvalue weighted by Crippen LogP contribution is -2.43. The molecule has 0 unspecified atom stereocenters. The zero-order chi connectivity index (χ0) is 36.2. The highest BCUT2D eigenvalue weighted by Gasteiger charge is 2.27. The first kappa shape index (κ1) is 36.4. The number of sulfonamides is 1. The number of carboxylic acid groups (broad SMARTS) is 1. The molecule has 258 valence electrons. The number of nitrogens with zero attached hydrogens (tertiary/aromatic N) is 2. The van der Waals surface area contributed by atoms with Crippen LogP contribution in [0.4, 0.5) is 14.5 Å². The third-order valence-electron chi connectivity index (χ3n) is 7.67. The minimum Gasteiger partial charge on any atom is -0.480 e. The largest absolute Gasteiger partial charge is 0.480 e. The molecular weight excluding hydrogens is 662 g/mol. The van der Waals surface area contributed by atoms with E-state index in [-0.39, 0.29) is 35.1 Å². The predicted octanol–water partition coefficient (Wildman–Crippen LogP) is 4.15. The molecule has 15 heteroatoms. The molecule has 4 rings (SSSR count). The first-order valence-corrected chi connectivity index (χ1v) is 16.6. The number of halogens is 2. The summed E-state index contributed by atoms with van der Waals surface area (Å²) in [6, 6.07) is 11.6. The molecule has 0 bridgehead atoms. The summed E-state index contributed by atoms with van der Waals surface area (Å²) in [5.74, 6) is -6.08. The fourth-order valence-corrected chi connectivity index (χ4v) is 6.18. The zero-order valence-electron chi connectivity index (χ0n) is 27.0. The number of benzene rings is 3. The summed E-state index contributed by atoms with van der Waals surface area (Å²) in [7, 11) is -2.80. The van der Waals surface area contributed by atoms with Crippen LogP contribution in [0.15, 0.2) is 81.2 Å². The van der Waals surface area contributed by atoms with Crippen molar-refractivity contribution in [2.75, 3.05) is 4.72 Å². The summed E-state index contributed by atoms with van der Waals surface area (Å²) < 4.78 is 60.0. The van der Waals surface area contributed by atoms with Crippen molar-refractivity contribution < 1.29 is 36.7 Å². The third kappa shape index (κ3) is 8.17. The maximum Gasteiger partial charge on any atom is 0.335 e. The van der Waals surface area contributed by atoms with Gasteiger partial charge in [0, 0.05) is 37.2 Å². The molecule has 12 nitrogen and oxygen atoms in total. The summed E-state index contributed by atoms with van der Waals surface area (Å²) in [6.45, 7) is 5.51. The highest BCUT2D eigenvalue weighted by molar-refractivity contribution is 7.92. The maximum atomic E-state index is 15.0. The van der Waals surface area contributed by atoms with Gasteiger partial charge in [-0.2, -0.15) is 0 Å². The minimum absolute atomic E-state index is 0.0725. The van der Waals surface area contributed by atoms with E-state index in [0.717, 1.165) is 4.57 Å². The lowest BCUT2D eigenvalue weighted by atomic mass is 10.0. The van der Waals surface area contributed by atoms with Gasteiger partial charge in [-0.3, -0.25) is 19.1 Å². The molecule has 1 amide bonds. The number of carboxylic acids is 1. The van der Waals surface area contributed by atoms with Gasteiger partial charge in [0.05, 0.1) is 16.3 Å². The molecule has 4 aromatic rings. The lowest BCUT2D eigenvalue weighted by molar-refractivity contribution is -0.139. The third-order valence-corrected chi connectivity index (χ3v) is 9.07. The molecule has 0 fully saturated rings. The van der Waals surface area contributed by atoms with Crippen LogP contribution in [0, 0.1) is 11.6 Å². The van der Waals surface area contributed by atoms with Crippen LogP contribution in [-0.2, 0) is 28.3 Å². The Hall–Kier alpha value is -5.44. The molecule has 0 aliphatic heterocycles. The Balaban J connectivity index is 1.49. The van der Waals surface area contributed by atoms with Gasteiger partial charge in [-0.25, -0.2) is 31.4 Å². The van der Waals surface area contributed by atoms with E-state index in [1.54, 1.807) is 7.05 Å². The molecule has 1 heterocycles. The van der Waals surface area contributed by atoms with Crippen molar-refractivity contribution >= 4 is 33.4 Å². The van der Waals surface area contributed by atoms with Crippen LogP contribution < -0.4 is 21.3 Å². The number of Topliss-reactive ketones (excluding diaryl/α,β-unsaturated/α-hetero) is 1. The summed E-state index contributed by atoms with van der Waals surface area (Å²) in [5, 5.41) is 11.8. The molecule has 1 aromatic heterocycles. The van der Waals surface area contributed by atoms with Gasteiger partial charge in [0.15, 0.2) is 5.78 Å². The Bertz CT molecular complexity index is 2120. The Morgan fingerprint density at radius 1 is 0.918 bits per heavy atom. The molecule has 0 saturated heterocycles. The molecule has 0 spiro atoms. The number of nitrogens with one attached hydrogen (secondary N) is 2. The van der Waals surface area contributed by atoms with Gasteiger partial charge in [-0.1, -0.05) is 45.0 Å². The summed E-state index contributed by atoms with van der Waals surface area (Å²) in [4.78, 5) is 62.2. The number of rotatable bonds is 13. The molecule has 1 atom stereocenters. The van der Waals surface area contributed by atoms with E-state index in [0.29, 0.717) is 35.4 Å². The number of amides is 1. The fourth-order valence-electron chi connectivity index (χ4n) is 5.14. The molecule has 3 N–H and O–H groups in total. The monoisotopic (exact) mass is 696 g/mol. The minimum atomic E-state index is -4.34. The van der Waals surface area contributed by atoms with Crippen LogP contribution in [0.25, 0.3) is 5.69 Å². The number of carbonyl (C=O) groups is 3. The van der Waals surface area contributed by atoms with Crippen molar-refractivity contribution in [1.82, 2.24) is 14.5 Å². The molecule has 3 aromatic carbocycles. The second-order valence-electron chi connectivity index (χ2n) is 11.6. The van der Waals surface area contributed by atoms with Crippen LogP contribution in [0.1, 0.15) is 71.5 Å². The van der Waals surface area contributed by atoms with Crippen molar-refractivity contribution in [3.8, 4) is 5.69 Å². The SMILES string of the molecule is CCCC(=O)c1ccc(S(=O)(=O)Nc2cc(F)c(C(=O)N[C@@H](Cc3ccc(-n4c(=O)cc(C(C)C)n(C)c4=O)cc3)C(=O)O)c(F)c2)cc1. The van der Waals surface area contributed by atoms with Crippen molar-refractivity contribution in [3.63, 3.8) is 0 Å². The summed E-state index contributed by atoms with van der Waals surface area (Å²) >= 11 is 0. The Kier molecular flexibility index (Phi) is 11.0. The number of aromatic nitrogens is 2. The number of carbonyl (C=O) groups excluding carboxylic acids is 2. The first-order valence-electron chi connectivity index (χ1n) is 15.1. The van der Waals surface area contributed by atoms with E-state index in [9.17, 15) is 37.5 Å². The zero-order valence-corrected chi connectivity index (χ0v) is 27.8. The summed E-state index contributed by atoms with van der Waals surface area (Å²) in [5.41, 5.74) is -1.36. The van der Waals surface area contributed by atoms with Gasteiger partial charge in [0.1, 0.15) is 23.2 Å². The molecule has 0 saturated carbocycles. The molecule has 0 radical (unpaired) electrons. The van der Waals surface area contributed by atoms with E-state index in [1.807, 2.05) is 25.5 Å². The lowest BCUT2D eigenvalue weighted by Gasteiger charge is -2.17. The maximum absolute atomic E-state index is 15.0. The van der Waals surface area contributed by atoms with Gasteiger partial charge < -0.3 is 15.0 Å². The van der Waals surface area contributed by atoms with E-state index in [1.165, 1.54) is 59.2 Å². The van der Waals surface area contributed by atoms with E-state index in [2.05, 4.69) is 5.32 Å². The van der Waals surface area contributed by atoms with Gasteiger partial charge in [0.2, 0.25) is 0 Å². The van der Waals surface area contributed by atoms with Crippen LogP contribution in [0.2, 0.25) is 0 Å². The molecular formula is C34H34F2N4O8S. The quantitative estimate of drug-likeness (QED) is 0.175. The van der Waals surface area contributed by atoms with Crippen molar-refractivity contribution in [2.24, 2.45) is 7.05 Å². The number of ketones is 1. The fraction of sp³-hybridized carbons (Fsp3) is 0.265. The average Bonchev–Trinajstić information content (AvgIpc) is 3.02. The highest BCUT2D eigenvalue weighted by Crippen LogP contribution is 2.23. The highest BCUT2D eigenvalue weighted by atomic mass is 32.2. The smallest absolute Gasteiger partial charge is 0.335 e. The van der Waals surface area contributed by atoms with Crippen molar-refractivity contribution in [2.45, 2.75) is 56.9 Å². The van der Waals surface area contributed by atoms with Gasteiger partial charge >= 0.3 is 11.7 Å². The van der Waals surface area contributed by atoms with Crippen LogP contribution >= 0.6 is 0 Å². The van der Waals surface area contributed by atoms with Crippen LogP contribution in [-0.4, -0.2) is 46.4 Å².